The van der Waals surface area contributed by atoms with Gasteiger partial charge < -0.3 is 5.11 Å². The van der Waals surface area contributed by atoms with Gasteiger partial charge in [0, 0.05) is 25.4 Å². The molecular formula is C12H10Cl2OS. The normalized spacial score (nSPS) is 12.8. The number of aryl methyl sites for hydroxylation is 1. The first-order valence-corrected chi connectivity index (χ1v) is 6.35. The minimum absolute atomic E-state index is 0.492. The van der Waals surface area contributed by atoms with Gasteiger partial charge in [0.15, 0.2) is 0 Å². The first-order valence-electron chi connectivity index (χ1n) is 4.78. The minimum atomic E-state index is -0.750. The maximum Gasteiger partial charge on any atom is 0.116 e. The van der Waals surface area contributed by atoms with Gasteiger partial charge >= 0.3 is 0 Å². The maximum atomic E-state index is 10.2. The molecule has 0 bridgehead atoms. The molecule has 0 fully saturated rings. The van der Waals surface area contributed by atoms with E-state index in [0.717, 1.165) is 9.75 Å². The van der Waals surface area contributed by atoms with E-state index >= 15 is 0 Å². The van der Waals surface area contributed by atoms with Gasteiger partial charge in [0.1, 0.15) is 6.10 Å². The first kappa shape index (κ1) is 11.9. The van der Waals surface area contributed by atoms with Crippen LogP contribution in [0, 0.1) is 6.92 Å². The van der Waals surface area contributed by atoms with Crippen LogP contribution in [0.5, 0.6) is 0 Å². The van der Waals surface area contributed by atoms with E-state index in [2.05, 4.69) is 0 Å². The van der Waals surface area contributed by atoms with E-state index in [1.807, 2.05) is 19.1 Å². The number of aliphatic hydroxyl groups is 1. The Morgan fingerprint density at radius 1 is 1.12 bits per heavy atom. The zero-order valence-electron chi connectivity index (χ0n) is 8.58. The average Bonchev–Trinajstić information content (AvgIpc) is 2.64. The highest BCUT2D eigenvalue weighted by Gasteiger charge is 2.18. The molecule has 0 aliphatic rings. The Balaban J connectivity index is 2.45. The van der Waals surface area contributed by atoms with E-state index in [-0.39, 0.29) is 0 Å². The highest BCUT2D eigenvalue weighted by Crippen LogP contribution is 2.36. The molecule has 16 heavy (non-hydrogen) atoms. The summed E-state index contributed by atoms with van der Waals surface area (Å²) in [7, 11) is 0. The van der Waals surface area contributed by atoms with Crippen molar-refractivity contribution in [2.75, 3.05) is 0 Å². The Morgan fingerprint density at radius 2 is 1.75 bits per heavy atom. The Labute approximate surface area is 108 Å². The standard InChI is InChI=1S/C12H10Cl2OS/c1-7-5-6-10(16-7)12(15)11-8(13)3-2-4-9(11)14/h2-6,12,15H,1H3. The summed E-state index contributed by atoms with van der Waals surface area (Å²) in [4.78, 5) is 2.00. The molecule has 0 saturated heterocycles. The zero-order valence-corrected chi connectivity index (χ0v) is 10.9. The maximum absolute atomic E-state index is 10.2. The summed E-state index contributed by atoms with van der Waals surface area (Å²) in [5, 5.41) is 11.2. The second-order valence-electron chi connectivity index (χ2n) is 3.49. The van der Waals surface area contributed by atoms with Crippen LogP contribution >= 0.6 is 34.5 Å². The molecule has 1 atom stereocenters. The molecule has 0 saturated carbocycles. The molecule has 1 heterocycles. The Morgan fingerprint density at radius 3 is 2.25 bits per heavy atom. The second-order valence-corrected chi connectivity index (χ2v) is 5.62. The lowest BCUT2D eigenvalue weighted by Gasteiger charge is -2.12. The molecule has 84 valence electrons. The van der Waals surface area contributed by atoms with E-state index in [4.69, 9.17) is 23.2 Å². The van der Waals surface area contributed by atoms with E-state index in [9.17, 15) is 5.11 Å². The molecule has 0 amide bonds. The van der Waals surface area contributed by atoms with Crippen LogP contribution in [0.3, 0.4) is 0 Å². The second kappa shape index (κ2) is 4.76. The molecule has 1 unspecified atom stereocenters. The number of thiophene rings is 1. The number of hydrogen-bond donors (Lipinski definition) is 1. The summed E-state index contributed by atoms with van der Waals surface area (Å²) in [5.41, 5.74) is 0.577. The van der Waals surface area contributed by atoms with Gasteiger partial charge in [-0.1, -0.05) is 29.3 Å². The van der Waals surface area contributed by atoms with Gasteiger partial charge in [0.05, 0.1) is 0 Å². The summed E-state index contributed by atoms with van der Waals surface area (Å²) < 4.78 is 0. The fourth-order valence-corrected chi connectivity index (χ4v) is 2.99. The quantitative estimate of drug-likeness (QED) is 0.857. The van der Waals surface area contributed by atoms with Crippen molar-refractivity contribution in [3.63, 3.8) is 0 Å². The molecular weight excluding hydrogens is 263 g/mol. The fourth-order valence-electron chi connectivity index (χ4n) is 1.51. The zero-order chi connectivity index (χ0) is 11.7. The fraction of sp³-hybridized carbons (Fsp3) is 0.167. The van der Waals surface area contributed by atoms with Gasteiger partial charge in [0.2, 0.25) is 0 Å². The van der Waals surface area contributed by atoms with Crippen molar-refractivity contribution in [1.82, 2.24) is 0 Å². The predicted molar refractivity (Wildman–Crippen MR) is 69.6 cm³/mol. The molecule has 1 aromatic carbocycles. The van der Waals surface area contributed by atoms with Crippen LogP contribution in [0.1, 0.15) is 21.4 Å². The van der Waals surface area contributed by atoms with E-state index in [1.165, 1.54) is 0 Å². The number of halogens is 2. The molecule has 0 aliphatic carbocycles. The molecule has 0 spiro atoms. The van der Waals surface area contributed by atoms with Gasteiger partial charge in [-0.25, -0.2) is 0 Å². The highest BCUT2D eigenvalue weighted by atomic mass is 35.5. The van der Waals surface area contributed by atoms with Gasteiger partial charge in [-0.2, -0.15) is 0 Å². The predicted octanol–water partition coefficient (Wildman–Crippen LogP) is 4.45. The van der Waals surface area contributed by atoms with Crippen LogP contribution in [0.4, 0.5) is 0 Å². The van der Waals surface area contributed by atoms with Crippen molar-refractivity contribution < 1.29 is 5.11 Å². The number of aliphatic hydroxyl groups excluding tert-OH is 1. The molecule has 1 nitrogen and oxygen atoms in total. The summed E-state index contributed by atoms with van der Waals surface area (Å²) >= 11 is 13.6. The monoisotopic (exact) mass is 272 g/mol. The summed E-state index contributed by atoms with van der Waals surface area (Å²) in [6, 6.07) is 9.08. The minimum Gasteiger partial charge on any atom is -0.383 e. The third kappa shape index (κ3) is 2.25. The Kier molecular flexibility index (Phi) is 3.55. The smallest absolute Gasteiger partial charge is 0.116 e. The van der Waals surface area contributed by atoms with Crippen LogP contribution in [0.15, 0.2) is 30.3 Å². The molecule has 4 heteroatoms. The van der Waals surface area contributed by atoms with Crippen molar-refractivity contribution >= 4 is 34.5 Å². The lowest BCUT2D eigenvalue weighted by atomic mass is 10.1. The molecule has 1 N–H and O–H groups in total. The van der Waals surface area contributed by atoms with E-state index in [1.54, 1.807) is 29.5 Å². The lowest BCUT2D eigenvalue weighted by Crippen LogP contribution is -1.98. The SMILES string of the molecule is Cc1ccc(C(O)c2c(Cl)cccc2Cl)s1. The van der Waals surface area contributed by atoms with Crippen molar-refractivity contribution in [1.29, 1.82) is 0 Å². The number of benzene rings is 1. The number of hydrogen-bond acceptors (Lipinski definition) is 2. The van der Waals surface area contributed by atoms with Crippen LogP contribution < -0.4 is 0 Å². The van der Waals surface area contributed by atoms with Gasteiger partial charge in [-0.3, -0.25) is 0 Å². The molecule has 0 aliphatic heterocycles. The molecule has 2 rings (SSSR count). The Bertz CT molecular complexity index is 487. The van der Waals surface area contributed by atoms with Crippen molar-refractivity contribution in [3.8, 4) is 0 Å². The topological polar surface area (TPSA) is 20.2 Å². The summed E-state index contributed by atoms with van der Waals surface area (Å²) in [5.74, 6) is 0. The van der Waals surface area contributed by atoms with Crippen molar-refractivity contribution in [2.24, 2.45) is 0 Å². The van der Waals surface area contributed by atoms with E-state index < -0.39 is 6.10 Å². The summed E-state index contributed by atoms with van der Waals surface area (Å²) in [6.45, 7) is 2.00. The third-order valence-electron chi connectivity index (χ3n) is 2.30. The van der Waals surface area contributed by atoms with Crippen LogP contribution in [0.25, 0.3) is 0 Å². The van der Waals surface area contributed by atoms with Crippen LogP contribution in [-0.2, 0) is 0 Å². The molecule has 2 aromatic rings. The molecule has 0 radical (unpaired) electrons. The van der Waals surface area contributed by atoms with Crippen molar-refractivity contribution in [2.45, 2.75) is 13.0 Å². The lowest BCUT2D eigenvalue weighted by molar-refractivity contribution is 0.224. The van der Waals surface area contributed by atoms with Gasteiger partial charge in [0.25, 0.3) is 0 Å². The number of rotatable bonds is 2. The highest BCUT2D eigenvalue weighted by molar-refractivity contribution is 7.12. The van der Waals surface area contributed by atoms with Crippen LogP contribution in [-0.4, -0.2) is 5.11 Å². The Hall–Kier alpha value is -0.540. The largest absolute Gasteiger partial charge is 0.383 e. The average molecular weight is 273 g/mol. The van der Waals surface area contributed by atoms with Crippen LogP contribution in [0.2, 0.25) is 10.0 Å². The van der Waals surface area contributed by atoms with E-state index in [0.29, 0.717) is 15.6 Å². The van der Waals surface area contributed by atoms with Gasteiger partial charge in [-0.15, -0.1) is 11.3 Å². The molecule has 1 aromatic heterocycles. The summed E-state index contributed by atoms with van der Waals surface area (Å²) in [6.07, 6.45) is -0.750. The van der Waals surface area contributed by atoms with Crippen molar-refractivity contribution in [3.05, 3.63) is 55.7 Å². The third-order valence-corrected chi connectivity index (χ3v) is 4.02. The first-order chi connectivity index (χ1) is 7.59. The van der Waals surface area contributed by atoms with Gasteiger partial charge in [-0.05, 0) is 31.2 Å².